The number of aromatic carboxylic acids is 1. The van der Waals surface area contributed by atoms with Gasteiger partial charge < -0.3 is 15.2 Å². The minimum absolute atomic E-state index is 0.0211. The number of rotatable bonds is 4. The van der Waals surface area contributed by atoms with Crippen LogP contribution in [0.1, 0.15) is 36.8 Å². The largest absolute Gasteiger partial charge is 0.477 e. The third kappa shape index (κ3) is 5.99. The molecule has 0 spiro atoms. The summed E-state index contributed by atoms with van der Waals surface area (Å²) >= 11 is 0. The fourth-order valence-corrected chi connectivity index (χ4v) is 1.32. The first-order valence-electron chi connectivity index (χ1n) is 6.11. The number of ether oxygens (including phenoxy) is 1. The van der Waals surface area contributed by atoms with E-state index in [9.17, 15) is 9.59 Å². The summed E-state index contributed by atoms with van der Waals surface area (Å²) in [6, 6.07) is 3.13. The van der Waals surface area contributed by atoms with Crippen LogP contribution in [-0.4, -0.2) is 34.3 Å². The number of nitrogens with zero attached hydrogens (tertiary/aromatic N) is 1. The van der Waals surface area contributed by atoms with Gasteiger partial charge in [-0.15, -0.1) is 0 Å². The Morgan fingerprint density at radius 2 is 2.15 bits per heavy atom. The summed E-state index contributed by atoms with van der Waals surface area (Å²) in [6.07, 6.45) is 4.32. The fourth-order valence-electron chi connectivity index (χ4n) is 1.32. The van der Waals surface area contributed by atoms with Gasteiger partial charge in [0.2, 0.25) is 0 Å². The lowest BCUT2D eigenvalue weighted by molar-refractivity contribution is 0.0533. The van der Waals surface area contributed by atoms with Gasteiger partial charge in [-0.05, 0) is 38.5 Å². The second-order valence-electron chi connectivity index (χ2n) is 5.06. The summed E-state index contributed by atoms with van der Waals surface area (Å²) in [5.41, 5.74) is 0.144. The summed E-state index contributed by atoms with van der Waals surface area (Å²) in [5, 5.41) is 11.4. The number of alkyl carbamates (subject to hydrolysis) is 1. The number of hydrogen-bond acceptors (Lipinski definition) is 4. The highest BCUT2D eigenvalue weighted by Crippen LogP contribution is 2.06. The van der Waals surface area contributed by atoms with Crippen molar-refractivity contribution in [3.8, 4) is 0 Å². The molecule has 0 radical (unpaired) electrons. The average Bonchev–Trinajstić information content (AvgIpc) is 2.33. The molecule has 0 aliphatic heterocycles. The normalized spacial score (nSPS) is 11.3. The smallest absolute Gasteiger partial charge is 0.407 e. The monoisotopic (exact) mass is 278 g/mol. The second-order valence-corrected chi connectivity index (χ2v) is 5.06. The summed E-state index contributed by atoms with van der Waals surface area (Å²) in [6.45, 7) is 5.64. The number of nitrogens with one attached hydrogen (secondary N) is 1. The summed E-state index contributed by atoms with van der Waals surface area (Å²) in [5.74, 6) is -1.08. The Kier molecular flexibility index (Phi) is 5.25. The van der Waals surface area contributed by atoms with Crippen molar-refractivity contribution in [3.63, 3.8) is 0 Å². The topological polar surface area (TPSA) is 88.5 Å². The Labute approximate surface area is 117 Å². The van der Waals surface area contributed by atoms with Crippen LogP contribution in [0.15, 0.2) is 24.4 Å². The molecule has 0 aromatic carbocycles. The van der Waals surface area contributed by atoms with E-state index in [1.54, 1.807) is 39.0 Å². The molecule has 0 bridgehead atoms. The van der Waals surface area contributed by atoms with Crippen LogP contribution in [0.3, 0.4) is 0 Å². The average molecular weight is 278 g/mol. The highest BCUT2D eigenvalue weighted by Gasteiger charge is 2.14. The van der Waals surface area contributed by atoms with Gasteiger partial charge in [-0.1, -0.05) is 12.2 Å². The molecule has 0 saturated heterocycles. The lowest BCUT2D eigenvalue weighted by Crippen LogP contribution is -2.32. The maximum absolute atomic E-state index is 11.4. The number of carboxylic acids is 1. The SMILES string of the molecule is CC(C)(C)OC(=O)NCC=Cc1ccnc(C(=O)O)c1. The Balaban J connectivity index is 2.47. The first-order chi connectivity index (χ1) is 9.28. The minimum Gasteiger partial charge on any atom is -0.477 e. The van der Waals surface area contributed by atoms with Gasteiger partial charge in [0.25, 0.3) is 0 Å². The van der Waals surface area contributed by atoms with Crippen LogP contribution in [0.25, 0.3) is 6.08 Å². The van der Waals surface area contributed by atoms with Crippen molar-refractivity contribution in [2.75, 3.05) is 6.54 Å². The van der Waals surface area contributed by atoms with Crippen molar-refractivity contribution in [1.82, 2.24) is 10.3 Å². The molecule has 0 fully saturated rings. The zero-order valence-corrected chi connectivity index (χ0v) is 11.7. The molecule has 1 amide bonds. The Hall–Kier alpha value is -2.37. The number of carbonyl (C=O) groups is 2. The van der Waals surface area contributed by atoms with Crippen molar-refractivity contribution < 1.29 is 19.4 Å². The Morgan fingerprint density at radius 1 is 1.45 bits per heavy atom. The molecule has 2 N–H and O–H groups in total. The van der Waals surface area contributed by atoms with E-state index in [0.717, 1.165) is 0 Å². The standard InChI is InChI=1S/C14H18N2O4/c1-14(2,3)20-13(19)16-7-4-5-10-6-8-15-11(9-10)12(17)18/h4-6,8-9H,7H2,1-3H3,(H,16,19)(H,17,18). The van der Waals surface area contributed by atoms with E-state index in [1.807, 2.05) is 0 Å². The van der Waals surface area contributed by atoms with E-state index in [1.165, 1.54) is 12.3 Å². The number of aromatic nitrogens is 1. The van der Waals surface area contributed by atoms with E-state index >= 15 is 0 Å². The van der Waals surface area contributed by atoms with Gasteiger partial charge in [-0.2, -0.15) is 0 Å². The van der Waals surface area contributed by atoms with E-state index in [4.69, 9.17) is 9.84 Å². The van der Waals surface area contributed by atoms with Gasteiger partial charge in [-0.25, -0.2) is 14.6 Å². The van der Waals surface area contributed by atoms with Crippen molar-refractivity contribution in [1.29, 1.82) is 0 Å². The molecule has 1 heterocycles. The van der Waals surface area contributed by atoms with Crippen LogP contribution < -0.4 is 5.32 Å². The molecule has 0 aliphatic carbocycles. The zero-order chi connectivity index (χ0) is 15.2. The first-order valence-corrected chi connectivity index (χ1v) is 6.11. The third-order valence-electron chi connectivity index (χ3n) is 2.08. The summed E-state index contributed by atoms with van der Waals surface area (Å²) in [4.78, 5) is 25.8. The zero-order valence-electron chi connectivity index (χ0n) is 11.7. The van der Waals surface area contributed by atoms with Gasteiger partial charge in [0, 0.05) is 12.7 Å². The van der Waals surface area contributed by atoms with Gasteiger partial charge in [0.1, 0.15) is 11.3 Å². The Morgan fingerprint density at radius 3 is 2.75 bits per heavy atom. The van der Waals surface area contributed by atoms with Crippen molar-refractivity contribution in [3.05, 3.63) is 35.7 Å². The number of pyridine rings is 1. The molecule has 1 rings (SSSR count). The Bertz CT molecular complexity index is 518. The number of amides is 1. The molecule has 0 aliphatic rings. The summed E-state index contributed by atoms with van der Waals surface area (Å²) < 4.78 is 5.07. The molecular weight excluding hydrogens is 260 g/mol. The molecule has 0 unspecified atom stereocenters. The lowest BCUT2D eigenvalue weighted by atomic mass is 10.2. The molecule has 0 saturated carbocycles. The van der Waals surface area contributed by atoms with E-state index < -0.39 is 17.7 Å². The molecule has 6 heteroatoms. The molecule has 6 nitrogen and oxygen atoms in total. The van der Waals surface area contributed by atoms with Crippen molar-refractivity contribution >= 4 is 18.1 Å². The molecule has 1 aromatic rings. The predicted octanol–water partition coefficient (Wildman–Crippen LogP) is 2.32. The molecule has 20 heavy (non-hydrogen) atoms. The van der Waals surface area contributed by atoms with Crippen LogP contribution in [0.4, 0.5) is 4.79 Å². The van der Waals surface area contributed by atoms with E-state index in [0.29, 0.717) is 12.1 Å². The number of carboxylic acid groups (broad SMARTS) is 1. The maximum atomic E-state index is 11.4. The van der Waals surface area contributed by atoms with Crippen LogP contribution in [0.2, 0.25) is 0 Å². The first kappa shape index (κ1) is 15.7. The molecule has 108 valence electrons. The van der Waals surface area contributed by atoms with E-state index in [-0.39, 0.29) is 5.69 Å². The quantitative estimate of drug-likeness (QED) is 0.882. The fraction of sp³-hybridized carbons (Fsp3) is 0.357. The van der Waals surface area contributed by atoms with Crippen LogP contribution in [-0.2, 0) is 4.74 Å². The maximum Gasteiger partial charge on any atom is 0.407 e. The number of hydrogen-bond donors (Lipinski definition) is 2. The third-order valence-corrected chi connectivity index (χ3v) is 2.08. The summed E-state index contributed by atoms with van der Waals surface area (Å²) in [7, 11) is 0. The molecule has 0 atom stereocenters. The van der Waals surface area contributed by atoms with Gasteiger partial charge in [0.15, 0.2) is 0 Å². The van der Waals surface area contributed by atoms with Crippen LogP contribution >= 0.6 is 0 Å². The van der Waals surface area contributed by atoms with Gasteiger partial charge in [-0.3, -0.25) is 0 Å². The minimum atomic E-state index is -1.08. The van der Waals surface area contributed by atoms with Gasteiger partial charge in [0.05, 0.1) is 0 Å². The highest BCUT2D eigenvalue weighted by atomic mass is 16.6. The highest BCUT2D eigenvalue weighted by molar-refractivity contribution is 5.85. The van der Waals surface area contributed by atoms with Crippen molar-refractivity contribution in [2.45, 2.75) is 26.4 Å². The second kappa shape index (κ2) is 6.70. The van der Waals surface area contributed by atoms with Crippen molar-refractivity contribution in [2.24, 2.45) is 0 Å². The number of carbonyl (C=O) groups excluding carboxylic acids is 1. The van der Waals surface area contributed by atoms with Crippen LogP contribution in [0.5, 0.6) is 0 Å². The lowest BCUT2D eigenvalue weighted by Gasteiger charge is -2.19. The van der Waals surface area contributed by atoms with Gasteiger partial charge >= 0.3 is 12.1 Å². The predicted molar refractivity (Wildman–Crippen MR) is 74.5 cm³/mol. The molecule has 1 aromatic heterocycles. The van der Waals surface area contributed by atoms with Crippen LogP contribution in [0, 0.1) is 0 Å². The van der Waals surface area contributed by atoms with E-state index in [2.05, 4.69) is 10.3 Å². The molecular formula is C14H18N2O4.